The second kappa shape index (κ2) is 9.18. The van der Waals surface area contributed by atoms with Crippen molar-refractivity contribution >= 4 is 37.3 Å². The number of ether oxygens (including phenoxy) is 1. The van der Waals surface area contributed by atoms with Crippen LogP contribution >= 0.6 is 0 Å². The zero-order valence-electron chi connectivity index (χ0n) is 18.3. The molecule has 0 aliphatic carbocycles. The normalized spacial score (nSPS) is 20.0. The van der Waals surface area contributed by atoms with E-state index in [4.69, 9.17) is 4.74 Å². The van der Waals surface area contributed by atoms with Gasteiger partial charge in [-0.25, -0.2) is 16.8 Å². The molecule has 32 heavy (non-hydrogen) atoms. The summed E-state index contributed by atoms with van der Waals surface area (Å²) in [7, 11) is -7.27. The van der Waals surface area contributed by atoms with Crippen LogP contribution in [0.3, 0.4) is 0 Å². The molecule has 2 aromatic carbocycles. The molecule has 0 aromatic heterocycles. The standard InChI is InChI=1S/C21H27N3O6S2/c1-14-8-9-18(11-20(14)23-31(4,26)27)22-21(25)17-6-5-7-19(10-17)32(28,29)24-12-15(2)30-16(3)13-24/h5-11,15-16,23H,12-13H2,1-4H3,(H,22,25). The summed E-state index contributed by atoms with van der Waals surface area (Å²) in [4.78, 5) is 12.8. The van der Waals surface area contributed by atoms with E-state index in [0.29, 0.717) is 16.9 Å². The predicted octanol–water partition coefficient (Wildman–Crippen LogP) is 2.42. The van der Waals surface area contributed by atoms with Crippen LogP contribution < -0.4 is 10.0 Å². The van der Waals surface area contributed by atoms with Crippen molar-refractivity contribution in [3.8, 4) is 0 Å². The molecule has 1 amide bonds. The second-order valence-corrected chi connectivity index (χ2v) is 11.7. The van der Waals surface area contributed by atoms with Crippen LogP contribution in [0.25, 0.3) is 0 Å². The van der Waals surface area contributed by atoms with E-state index in [-0.39, 0.29) is 35.8 Å². The Morgan fingerprint density at radius 2 is 1.69 bits per heavy atom. The van der Waals surface area contributed by atoms with Crippen LogP contribution in [0.1, 0.15) is 29.8 Å². The van der Waals surface area contributed by atoms with Crippen LogP contribution in [0.4, 0.5) is 11.4 Å². The minimum atomic E-state index is -3.79. The average Bonchev–Trinajstić information content (AvgIpc) is 2.69. The summed E-state index contributed by atoms with van der Waals surface area (Å²) in [6.45, 7) is 5.85. The van der Waals surface area contributed by atoms with Crippen LogP contribution in [-0.4, -0.2) is 58.6 Å². The number of hydrogen-bond acceptors (Lipinski definition) is 6. The highest BCUT2D eigenvalue weighted by atomic mass is 32.2. The Balaban J connectivity index is 1.82. The largest absolute Gasteiger partial charge is 0.373 e. The van der Waals surface area contributed by atoms with Gasteiger partial charge in [0.05, 0.1) is 29.0 Å². The van der Waals surface area contributed by atoms with Gasteiger partial charge in [0.1, 0.15) is 0 Å². The molecule has 1 aliphatic heterocycles. The number of carbonyl (C=O) groups is 1. The molecule has 2 unspecified atom stereocenters. The summed E-state index contributed by atoms with van der Waals surface area (Å²) in [5.74, 6) is -0.514. The number of carbonyl (C=O) groups excluding carboxylic acids is 1. The molecule has 0 bridgehead atoms. The molecule has 1 heterocycles. The molecule has 0 spiro atoms. The van der Waals surface area contributed by atoms with Crippen LogP contribution in [0.5, 0.6) is 0 Å². The predicted molar refractivity (Wildman–Crippen MR) is 123 cm³/mol. The number of sulfonamides is 2. The molecule has 1 aliphatic rings. The lowest BCUT2D eigenvalue weighted by atomic mass is 10.1. The van der Waals surface area contributed by atoms with Crippen LogP contribution in [0, 0.1) is 6.92 Å². The van der Waals surface area contributed by atoms with Crippen molar-refractivity contribution in [3.05, 3.63) is 53.6 Å². The van der Waals surface area contributed by atoms with E-state index >= 15 is 0 Å². The summed E-state index contributed by atoms with van der Waals surface area (Å²) >= 11 is 0. The fourth-order valence-corrected chi connectivity index (χ4v) is 5.74. The van der Waals surface area contributed by atoms with Gasteiger partial charge in [0.25, 0.3) is 5.91 Å². The van der Waals surface area contributed by atoms with Gasteiger partial charge in [0.2, 0.25) is 20.0 Å². The van der Waals surface area contributed by atoms with E-state index in [2.05, 4.69) is 10.0 Å². The van der Waals surface area contributed by atoms with Crippen molar-refractivity contribution in [2.45, 2.75) is 37.9 Å². The summed E-state index contributed by atoms with van der Waals surface area (Å²) in [6, 6.07) is 10.6. The monoisotopic (exact) mass is 481 g/mol. The Morgan fingerprint density at radius 1 is 1.03 bits per heavy atom. The van der Waals surface area contributed by atoms with Gasteiger partial charge in [-0.1, -0.05) is 12.1 Å². The van der Waals surface area contributed by atoms with Gasteiger partial charge in [-0.2, -0.15) is 4.31 Å². The Hall–Kier alpha value is -2.47. The SMILES string of the molecule is Cc1ccc(NC(=O)c2cccc(S(=O)(=O)N3CC(C)OC(C)C3)c2)cc1NS(C)(=O)=O. The highest BCUT2D eigenvalue weighted by Crippen LogP contribution is 2.24. The van der Waals surface area contributed by atoms with E-state index < -0.39 is 26.0 Å². The first kappa shape index (κ1) is 24.2. The van der Waals surface area contributed by atoms with Gasteiger partial charge in [0.15, 0.2) is 0 Å². The number of amides is 1. The van der Waals surface area contributed by atoms with Crippen molar-refractivity contribution in [1.29, 1.82) is 0 Å². The topological polar surface area (TPSA) is 122 Å². The zero-order valence-corrected chi connectivity index (χ0v) is 20.0. The van der Waals surface area contributed by atoms with Crippen molar-refractivity contribution < 1.29 is 26.4 Å². The van der Waals surface area contributed by atoms with Gasteiger partial charge < -0.3 is 10.1 Å². The second-order valence-electron chi connectivity index (χ2n) is 7.97. The molecule has 1 fully saturated rings. The molecular formula is C21H27N3O6S2. The first-order valence-electron chi connectivity index (χ1n) is 10.0. The smallest absolute Gasteiger partial charge is 0.255 e. The summed E-state index contributed by atoms with van der Waals surface area (Å²) < 4.78 is 58.7. The number of benzene rings is 2. The van der Waals surface area contributed by atoms with Crippen molar-refractivity contribution in [2.75, 3.05) is 29.4 Å². The van der Waals surface area contributed by atoms with Gasteiger partial charge in [-0.3, -0.25) is 9.52 Å². The van der Waals surface area contributed by atoms with Gasteiger partial charge in [-0.05, 0) is 56.7 Å². The highest BCUT2D eigenvalue weighted by molar-refractivity contribution is 7.92. The maximum absolute atomic E-state index is 13.1. The molecule has 11 heteroatoms. The third kappa shape index (κ3) is 5.85. The minimum Gasteiger partial charge on any atom is -0.373 e. The Labute approximate surface area is 188 Å². The quantitative estimate of drug-likeness (QED) is 0.653. The maximum atomic E-state index is 13.1. The molecule has 174 valence electrons. The van der Waals surface area contributed by atoms with Crippen LogP contribution in [-0.2, 0) is 24.8 Å². The molecule has 9 nitrogen and oxygen atoms in total. The lowest BCUT2D eigenvalue weighted by Gasteiger charge is -2.34. The van der Waals surface area contributed by atoms with Crippen molar-refractivity contribution in [1.82, 2.24) is 4.31 Å². The number of morpholine rings is 1. The van der Waals surface area contributed by atoms with E-state index in [1.165, 1.54) is 34.6 Å². The third-order valence-corrected chi connectivity index (χ3v) is 7.33. The van der Waals surface area contributed by atoms with Gasteiger partial charge in [0, 0.05) is 24.3 Å². The average molecular weight is 482 g/mol. The molecule has 0 saturated carbocycles. The number of aryl methyl sites for hydroxylation is 1. The fourth-order valence-electron chi connectivity index (χ4n) is 3.49. The summed E-state index contributed by atoms with van der Waals surface area (Å²) in [5.41, 5.74) is 1.57. The van der Waals surface area contributed by atoms with E-state index in [1.807, 2.05) is 13.8 Å². The number of nitrogens with zero attached hydrogens (tertiary/aromatic N) is 1. The van der Waals surface area contributed by atoms with E-state index in [9.17, 15) is 21.6 Å². The number of anilines is 2. The third-order valence-electron chi connectivity index (χ3n) is 4.91. The molecular weight excluding hydrogens is 454 g/mol. The molecule has 2 aromatic rings. The molecule has 0 radical (unpaired) electrons. The lowest BCUT2D eigenvalue weighted by Crippen LogP contribution is -2.48. The highest BCUT2D eigenvalue weighted by Gasteiger charge is 2.32. The fraction of sp³-hybridized carbons (Fsp3) is 0.381. The Morgan fingerprint density at radius 3 is 2.31 bits per heavy atom. The molecule has 2 atom stereocenters. The zero-order chi connectivity index (χ0) is 23.7. The van der Waals surface area contributed by atoms with E-state index in [0.717, 1.165) is 6.26 Å². The van der Waals surface area contributed by atoms with E-state index in [1.54, 1.807) is 19.1 Å². The van der Waals surface area contributed by atoms with Crippen LogP contribution in [0.15, 0.2) is 47.4 Å². The maximum Gasteiger partial charge on any atom is 0.255 e. The molecule has 3 rings (SSSR count). The molecule has 1 saturated heterocycles. The van der Waals surface area contributed by atoms with Gasteiger partial charge >= 0.3 is 0 Å². The summed E-state index contributed by atoms with van der Waals surface area (Å²) in [6.07, 6.45) is 0.590. The Kier molecular flexibility index (Phi) is 6.94. The Bertz CT molecular complexity index is 1220. The minimum absolute atomic E-state index is 0.0230. The van der Waals surface area contributed by atoms with Crippen molar-refractivity contribution in [2.24, 2.45) is 0 Å². The first-order valence-corrected chi connectivity index (χ1v) is 13.3. The van der Waals surface area contributed by atoms with Crippen LogP contribution in [0.2, 0.25) is 0 Å². The summed E-state index contributed by atoms with van der Waals surface area (Å²) in [5, 5.41) is 2.68. The van der Waals surface area contributed by atoms with Crippen molar-refractivity contribution in [3.63, 3.8) is 0 Å². The lowest BCUT2D eigenvalue weighted by molar-refractivity contribution is -0.0440. The first-order chi connectivity index (χ1) is 14.8. The van der Waals surface area contributed by atoms with Gasteiger partial charge in [-0.15, -0.1) is 0 Å². The number of rotatable bonds is 6. The number of nitrogens with one attached hydrogen (secondary N) is 2. The molecule has 2 N–H and O–H groups in total. The number of hydrogen-bond donors (Lipinski definition) is 2.